The van der Waals surface area contributed by atoms with E-state index in [1.807, 2.05) is 25.1 Å². The minimum atomic E-state index is -3.15. The van der Waals surface area contributed by atoms with E-state index in [-0.39, 0.29) is 12.3 Å². The van der Waals surface area contributed by atoms with Crippen molar-refractivity contribution in [3.8, 4) is 0 Å². The first-order chi connectivity index (χ1) is 6.94. The Morgan fingerprint density at radius 1 is 1.40 bits per heavy atom. The third-order valence-corrected chi connectivity index (χ3v) is 3.77. The van der Waals surface area contributed by atoms with Gasteiger partial charge in [0.05, 0.1) is 5.75 Å². The summed E-state index contributed by atoms with van der Waals surface area (Å²) >= 11 is 5.97. The number of hydrogen-bond acceptors (Lipinski definition) is 2. The number of benzene rings is 1. The molecule has 5 heteroatoms. The van der Waals surface area contributed by atoms with Crippen molar-refractivity contribution in [1.82, 2.24) is 4.72 Å². The maximum Gasteiger partial charge on any atom is 0.211 e. The van der Waals surface area contributed by atoms with Crippen LogP contribution >= 0.6 is 11.6 Å². The van der Waals surface area contributed by atoms with E-state index in [0.29, 0.717) is 5.02 Å². The van der Waals surface area contributed by atoms with Crippen LogP contribution in [0.4, 0.5) is 0 Å². The predicted octanol–water partition coefficient (Wildman–Crippen LogP) is 2.09. The Hall–Kier alpha value is -0.580. The predicted molar refractivity (Wildman–Crippen MR) is 62.5 cm³/mol. The van der Waals surface area contributed by atoms with E-state index in [9.17, 15) is 8.42 Å². The van der Waals surface area contributed by atoms with Gasteiger partial charge in [-0.3, -0.25) is 0 Å². The van der Waals surface area contributed by atoms with Crippen LogP contribution in [-0.2, 0) is 16.6 Å². The lowest BCUT2D eigenvalue weighted by molar-refractivity contribution is 0.582. The molecule has 0 aliphatic carbocycles. The van der Waals surface area contributed by atoms with Gasteiger partial charge >= 0.3 is 0 Å². The molecular weight excluding hydrogens is 234 g/mol. The summed E-state index contributed by atoms with van der Waals surface area (Å²) in [4.78, 5) is 0. The van der Waals surface area contributed by atoms with Gasteiger partial charge in [0.15, 0.2) is 0 Å². The highest BCUT2D eigenvalue weighted by atomic mass is 35.5. The third-order valence-electron chi connectivity index (χ3n) is 2.07. The Bertz CT molecular complexity index is 443. The average molecular weight is 248 g/mol. The van der Waals surface area contributed by atoms with Crippen molar-refractivity contribution in [3.05, 3.63) is 34.3 Å². The van der Waals surface area contributed by atoms with Gasteiger partial charge in [0, 0.05) is 11.6 Å². The van der Waals surface area contributed by atoms with Crippen LogP contribution in [0.25, 0.3) is 0 Å². The summed E-state index contributed by atoms with van der Waals surface area (Å²) in [6, 6.07) is 5.55. The second kappa shape index (κ2) is 4.96. The number of rotatable bonds is 4. The van der Waals surface area contributed by atoms with E-state index < -0.39 is 10.0 Å². The van der Waals surface area contributed by atoms with Crippen molar-refractivity contribution in [2.75, 3.05) is 5.75 Å². The molecule has 1 aromatic carbocycles. The fourth-order valence-electron chi connectivity index (χ4n) is 1.09. The van der Waals surface area contributed by atoms with Gasteiger partial charge in [-0.05, 0) is 31.0 Å². The van der Waals surface area contributed by atoms with Gasteiger partial charge in [0.1, 0.15) is 0 Å². The number of nitrogens with one attached hydrogen (secondary N) is 1. The van der Waals surface area contributed by atoms with Crippen LogP contribution < -0.4 is 4.72 Å². The zero-order valence-electron chi connectivity index (χ0n) is 8.75. The average Bonchev–Trinajstić information content (AvgIpc) is 2.16. The topological polar surface area (TPSA) is 46.2 Å². The maximum atomic E-state index is 11.2. The lowest BCUT2D eigenvalue weighted by atomic mass is 10.1. The largest absolute Gasteiger partial charge is 0.212 e. The van der Waals surface area contributed by atoms with Crippen LogP contribution in [0.5, 0.6) is 0 Å². The van der Waals surface area contributed by atoms with Crippen molar-refractivity contribution in [2.45, 2.75) is 20.4 Å². The van der Waals surface area contributed by atoms with E-state index in [0.717, 1.165) is 11.1 Å². The molecule has 3 nitrogen and oxygen atoms in total. The molecule has 0 heterocycles. The lowest BCUT2D eigenvalue weighted by Gasteiger charge is -2.06. The second-order valence-corrected chi connectivity index (χ2v) is 5.82. The van der Waals surface area contributed by atoms with Crippen molar-refractivity contribution < 1.29 is 8.42 Å². The zero-order chi connectivity index (χ0) is 11.5. The van der Waals surface area contributed by atoms with Gasteiger partial charge in [-0.15, -0.1) is 0 Å². The molecule has 0 fully saturated rings. The number of sulfonamides is 1. The molecule has 0 saturated carbocycles. The van der Waals surface area contributed by atoms with Crippen LogP contribution in [-0.4, -0.2) is 14.2 Å². The van der Waals surface area contributed by atoms with Crippen molar-refractivity contribution in [2.24, 2.45) is 0 Å². The molecule has 84 valence electrons. The fourth-order valence-corrected chi connectivity index (χ4v) is 1.97. The van der Waals surface area contributed by atoms with Crippen LogP contribution in [0.3, 0.4) is 0 Å². The van der Waals surface area contributed by atoms with Crippen molar-refractivity contribution in [1.29, 1.82) is 0 Å². The molecule has 1 N–H and O–H groups in total. The van der Waals surface area contributed by atoms with E-state index in [1.165, 1.54) is 0 Å². The SMILES string of the molecule is CCS(=O)(=O)NCc1ccc(C)cc1Cl. The minimum Gasteiger partial charge on any atom is -0.212 e. The summed E-state index contributed by atoms with van der Waals surface area (Å²) in [5.74, 6) is 0.0798. The fraction of sp³-hybridized carbons (Fsp3) is 0.400. The van der Waals surface area contributed by atoms with E-state index >= 15 is 0 Å². The van der Waals surface area contributed by atoms with Gasteiger partial charge in [-0.25, -0.2) is 13.1 Å². The first-order valence-corrected chi connectivity index (χ1v) is 6.70. The molecule has 0 amide bonds. The molecule has 0 saturated heterocycles. The first kappa shape index (κ1) is 12.5. The van der Waals surface area contributed by atoms with Crippen molar-refractivity contribution >= 4 is 21.6 Å². The summed E-state index contributed by atoms with van der Waals surface area (Å²) in [6.45, 7) is 3.78. The molecule has 0 aliphatic heterocycles. The molecule has 1 rings (SSSR count). The van der Waals surface area contributed by atoms with Crippen LogP contribution in [0.15, 0.2) is 18.2 Å². The molecule has 15 heavy (non-hydrogen) atoms. The summed E-state index contributed by atoms with van der Waals surface area (Å²) in [5, 5.41) is 0.591. The van der Waals surface area contributed by atoms with Crippen molar-refractivity contribution in [3.63, 3.8) is 0 Å². The number of hydrogen-bond donors (Lipinski definition) is 1. The number of halogens is 1. The van der Waals surface area contributed by atoms with Gasteiger partial charge < -0.3 is 0 Å². The molecule has 1 aromatic rings. The van der Waals surface area contributed by atoms with Gasteiger partial charge in [0.25, 0.3) is 0 Å². The first-order valence-electron chi connectivity index (χ1n) is 4.67. The van der Waals surface area contributed by atoms with Gasteiger partial charge in [-0.2, -0.15) is 0 Å². The molecule has 0 aliphatic rings. The molecule has 0 spiro atoms. The van der Waals surface area contributed by atoms with Crippen LogP contribution in [0.1, 0.15) is 18.1 Å². The van der Waals surface area contributed by atoms with Crippen LogP contribution in [0, 0.1) is 6.92 Å². The molecule has 0 unspecified atom stereocenters. The summed E-state index contributed by atoms with van der Waals surface area (Å²) in [5.41, 5.74) is 1.85. The Kier molecular flexibility index (Phi) is 4.13. The molecule has 0 bridgehead atoms. The Morgan fingerprint density at radius 2 is 2.07 bits per heavy atom. The normalized spacial score (nSPS) is 11.7. The second-order valence-electron chi connectivity index (χ2n) is 3.32. The molecule has 0 radical (unpaired) electrons. The number of aryl methyl sites for hydroxylation is 1. The third kappa shape index (κ3) is 3.81. The highest BCUT2D eigenvalue weighted by Crippen LogP contribution is 2.17. The van der Waals surface area contributed by atoms with Crippen LogP contribution in [0.2, 0.25) is 5.02 Å². The highest BCUT2D eigenvalue weighted by Gasteiger charge is 2.07. The van der Waals surface area contributed by atoms with Gasteiger partial charge in [0.2, 0.25) is 10.0 Å². The molecular formula is C10H14ClNO2S. The Morgan fingerprint density at radius 3 is 2.60 bits per heavy atom. The van der Waals surface area contributed by atoms with E-state index in [4.69, 9.17) is 11.6 Å². The Balaban J connectivity index is 2.74. The van der Waals surface area contributed by atoms with E-state index in [1.54, 1.807) is 6.92 Å². The quantitative estimate of drug-likeness (QED) is 0.886. The van der Waals surface area contributed by atoms with Gasteiger partial charge in [-0.1, -0.05) is 23.7 Å². The van der Waals surface area contributed by atoms with E-state index in [2.05, 4.69) is 4.72 Å². The standard InChI is InChI=1S/C10H14ClNO2S/c1-3-15(13,14)12-7-9-5-4-8(2)6-10(9)11/h4-6,12H,3,7H2,1-2H3. The molecule has 0 aromatic heterocycles. The smallest absolute Gasteiger partial charge is 0.211 e. The maximum absolute atomic E-state index is 11.2. The monoisotopic (exact) mass is 247 g/mol. The zero-order valence-corrected chi connectivity index (χ0v) is 10.3. The summed E-state index contributed by atoms with van der Waals surface area (Å²) in [7, 11) is -3.15. The lowest BCUT2D eigenvalue weighted by Crippen LogP contribution is -2.24. The highest BCUT2D eigenvalue weighted by molar-refractivity contribution is 7.89. The summed E-state index contributed by atoms with van der Waals surface area (Å²) in [6.07, 6.45) is 0. The summed E-state index contributed by atoms with van der Waals surface area (Å²) < 4.78 is 24.9. The Labute approximate surface area is 95.5 Å². The minimum absolute atomic E-state index is 0.0798. The molecule has 0 atom stereocenters.